The Morgan fingerprint density at radius 1 is 1.24 bits per heavy atom. The summed E-state index contributed by atoms with van der Waals surface area (Å²) in [6.07, 6.45) is -2.72. The van der Waals surface area contributed by atoms with Crippen LogP contribution in [0.2, 0.25) is 0 Å². The van der Waals surface area contributed by atoms with Crippen LogP contribution in [-0.4, -0.2) is 29.3 Å². The highest BCUT2D eigenvalue weighted by molar-refractivity contribution is 5.47. The lowest BCUT2D eigenvalue weighted by atomic mass is 10.1. The highest BCUT2D eigenvalue weighted by Crippen LogP contribution is 2.25. The third-order valence-corrected chi connectivity index (χ3v) is 2.92. The quantitative estimate of drug-likeness (QED) is 0.898. The number of pyridine rings is 1. The van der Waals surface area contributed by atoms with Gasteiger partial charge in [0.15, 0.2) is 0 Å². The first-order valence-corrected chi connectivity index (χ1v) is 7.02. The second-order valence-corrected chi connectivity index (χ2v) is 6.43. The molecule has 0 fully saturated rings. The minimum atomic E-state index is -4.25. The van der Waals surface area contributed by atoms with Crippen molar-refractivity contribution in [3.63, 3.8) is 0 Å². The second-order valence-electron chi connectivity index (χ2n) is 6.43. The van der Waals surface area contributed by atoms with Gasteiger partial charge in [-0.2, -0.15) is 13.2 Å². The van der Waals surface area contributed by atoms with Crippen LogP contribution in [-0.2, 0) is 6.54 Å². The molecule has 0 amide bonds. The van der Waals surface area contributed by atoms with E-state index >= 15 is 0 Å². The largest absolute Gasteiger partial charge is 0.405 e. The lowest BCUT2D eigenvalue weighted by Crippen LogP contribution is -2.41. The van der Waals surface area contributed by atoms with E-state index in [1.807, 2.05) is 26.8 Å². The minimum absolute atomic E-state index is 0.111. The smallest absolute Gasteiger partial charge is 0.345 e. The molecule has 0 radical (unpaired) electrons. The Labute approximate surface area is 124 Å². The topological polar surface area (TPSA) is 28.2 Å². The maximum absolute atomic E-state index is 12.8. The Morgan fingerprint density at radius 2 is 1.86 bits per heavy atom. The molecule has 6 heteroatoms. The summed E-state index contributed by atoms with van der Waals surface area (Å²) in [5.41, 5.74) is 0.658. The van der Waals surface area contributed by atoms with Gasteiger partial charge in [-0.05, 0) is 40.7 Å². The molecule has 1 aromatic rings. The average Bonchev–Trinajstić information content (AvgIpc) is 2.32. The van der Waals surface area contributed by atoms with Gasteiger partial charge >= 0.3 is 6.18 Å². The summed E-state index contributed by atoms with van der Waals surface area (Å²) in [4.78, 5) is 5.46. The average molecular weight is 303 g/mol. The van der Waals surface area contributed by atoms with Gasteiger partial charge in [-0.25, -0.2) is 4.98 Å². The first kappa shape index (κ1) is 17.8. The van der Waals surface area contributed by atoms with E-state index in [-0.39, 0.29) is 11.6 Å². The van der Waals surface area contributed by atoms with E-state index in [0.29, 0.717) is 12.4 Å². The Hall–Kier alpha value is -1.30. The summed E-state index contributed by atoms with van der Waals surface area (Å²) < 4.78 is 38.3. The molecule has 1 aromatic heterocycles. The SMILES string of the molecule is CC(C)N(CC(F)(F)F)c1ncccc1CNC(C)(C)C. The molecule has 0 atom stereocenters. The minimum Gasteiger partial charge on any atom is -0.345 e. The molecule has 0 aromatic carbocycles. The van der Waals surface area contributed by atoms with Crippen LogP contribution in [0.5, 0.6) is 0 Å². The van der Waals surface area contributed by atoms with Crippen molar-refractivity contribution in [2.24, 2.45) is 0 Å². The van der Waals surface area contributed by atoms with Gasteiger partial charge in [-0.1, -0.05) is 6.07 Å². The van der Waals surface area contributed by atoms with E-state index < -0.39 is 12.7 Å². The molecule has 0 aliphatic heterocycles. The normalized spacial score (nSPS) is 12.8. The number of rotatable bonds is 5. The summed E-state index contributed by atoms with van der Waals surface area (Å²) in [7, 11) is 0. The van der Waals surface area contributed by atoms with E-state index in [2.05, 4.69) is 10.3 Å². The summed E-state index contributed by atoms with van der Waals surface area (Å²) >= 11 is 0. The predicted octanol–water partition coefficient (Wildman–Crippen LogP) is 3.75. The zero-order valence-electron chi connectivity index (χ0n) is 13.3. The van der Waals surface area contributed by atoms with Gasteiger partial charge in [0.05, 0.1) is 0 Å². The van der Waals surface area contributed by atoms with Crippen LogP contribution in [0.3, 0.4) is 0 Å². The van der Waals surface area contributed by atoms with Crippen molar-refractivity contribution in [3.8, 4) is 0 Å². The molecular formula is C15H24F3N3. The van der Waals surface area contributed by atoms with Crippen molar-refractivity contribution < 1.29 is 13.2 Å². The van der Waals surface area contributed by atoms with E-state index in [1.54, 1.807) is 19.9 Å². The molecule has 0 unspecified atom stereocenters. The molecule has 1 heterocycles. The summed E-state index contributed by atoms with van der Waals surface area (Å²) in [6.45, 7) is 9.00. The van der Waals surface area contributed by atoms with Crippen LogP contribution in [0.25, 0.3) is 0 Å². The Balaban J connectivity index is 3.03. The van der Waals surface area contributed by atoms with E-state index in [0.717, 1.165) is 5.56 Å². The monoisotopic (exact) mass is 303 g/mol. The Morgan fingerprint density at radius 3 is 2.33 bits per heavy atom. The van der Waals surface area contributed by atoms with Crippen LogP contribution in [0.15, 0.2) is 18.3 Å². The van der Waals surface area contributed by atoms with Gasteiger partial charge in [0.1, 0.15) is 12.4 Å². The van der Waals surface area contributed by atoms with Crippen LogP contribution in [0.4, 0.5) is 19.0 Å². The molecule has 0 spiro atoms. The zero-order valence-corrected chi connectivity index (χ0v) is 13.3. The number of nitrogens with zero attached hydrogens (tertiary/aromatic N) is 2. The lowest BCUT2D eigenvalue weighted by molar-refractivity contribution is -0.120. The van der Waals surface area contributed by atoms with Gasteiger partial charge in [0, 0.05) is 29.9 Å². The molecule has 0 aliphatic carbocycles. The molecule has 3 nitrogen and oxygen atoms in total. The summed E-state index contributed by atoms with van der Waals surface area (Å²) in [5.74, 6) is 0.390. The van der Waals surface area contributed by atoms with E-state index in [9.17, 15) is 13.2 Å². The zero-order chi connectivity index (χ0) is 16.3. The second kappa shape index (κ2) is 6.64. The number of nitrogens with one attached hydrogen (secondary N) is 1. The van der Waals surface area contributed by atoms with Crippen molar-refractivity contribution in [3.05, 3.63) is 23.9 Å². The number of hydrogen-bond donors (Lipinski definition) is 1. The molecule has 1 N–H and O–H groups in total. The number of anilines is 1. The van der Waals surface area contributed by atoms with Gasteiger partial charge < -0.3 is 10.2 Å². The van der Waals surface area contributed by atoms with Crippen LogP contribution in [0, 0.1) is 0 Å². The van der Waals surface area contributed by atoms with Gasteiger partial charge in [0.2, 0.25) is 0 Å². The lowest BCUT2D eigenvalue weighted by Gasteiger charge is -2.31. The van der Waals surface area contributed by atoms with Crippen LogP contribution in [0.1, 0.15) is 40.2 Å². The number of hydrogen-bond acceptors (Lipinski definition) is 3. The maximum Gasteiger partial charge on any atom is 0.405 e. The number of halogens is 3. The highest BCUT2D eigenvalue weighted by atomic mass is 19.4. The Bertz CT molecular complexity index is 450. The van der Waals surface area contributed by atoms with Crippen molar-refractivity contribution in [2.75, 3.05) is 11.4 Å². The third-order valence-electron chi connectivity index (χ3n) is 2.92. The molecule has 21 heavy (non-hydrogen) atoms. The van der Waals surface area contributed by atoms with Crippen molar-refractivity contribution in [1.82, 2.24) is 10.3 Å². The first-order valence-electron chi connectivity index (χ1n) is 7.02. The van der Waals surface area contributed by atoms with Gasteiger partial charge in [0.25, 0.3) is 0 Å². The Kier molecular flexibility index (Phi) is 5.61. The predicted molar refractivity (Wildman–Crippen MR) is 79.4 cm³/mol. The maximum atomic E-state index is 12.8. The molecule has 0 bridgehead atoms. The van der Waals surface area contributed by atoms with Gasteiger partial charge in [-0.15, -0.1) is 0 Å². The molecule has 1 rings (SSSR count). The van der Waals surface area contributed by atoms with E-state index in [1.165, 1.54) is 11.1 Å². The first-order chi connectivity index (χ1) is 9.49. The molecule has 0 saturated heterocycles. The molecule has 0 saturated carbocycles. The van der Waals surface area contributed by atoms with Crippen molar-refractivity contribution >= 4 is 5.82 Å². The fourth-order valence-electron chi connectivity index (χ4n) is 1.88. The summed E-state index contributed by atoms with van der Waals surface area (Å²) in [5, 5.41) is 3.29. The van der Waals surface area contributed by atoms with Crippen LogP contribution >= 0.6 is 0 Å². The highest BCUT2D eigenvalue weighted by Gasteiger charge is 2.33. The molecular weight excluding hydrogens is 279 g/mol. The van der Waals surface area contributed by atoms with E-state index in [4.69, 9.17) is 0 Å². The van der Waals surface area contributed by atoms with Gasteiger partial charge in [-0.3, -0.25) is 0 Å². The fraction of sp³-hybridized carbons (Fsp3) is 0.667. The van der Waals surface area contributed by atoms with Crippen molar-refractivity contribution in [1.29, 1.82) is 0 Å². The number of aromatic nitrogens is 1. The summed E-state index contributed by atoms with van der Waals surface area (Å²) in [6, 6.07) is 3.28. The molecule has 120 valence electrons. The van der Waals surface area contributed by atoms with Crippen LogP contribution < -0.4 is 10.2 Å². The third kappa shape index (κ3) is 6.33. The standard InChI is InChI=1S/C15H24F3N3/c1-11(2)21(10-15(16,17)18)13-12(7-6-8-19-13)9-20-14(3,4)5/h6-8,11,20H,9-10H2,1-5H3. The fourth-order valence-corrected chi connectivity index (χ4v) is 1.88. The van der Waals surface area contributed by atoms with Crippen molar-refractivity contribution in [2.45, 2.75) is 58.9 Å². The molecule has 0 aliphatic rings. The number of alkyl halides is 3.